The van der Waals surface area contributed by atoms with Gasteiger partial charge in [-0.15, -0.1) is 0 Å². The highest BCUT2D eigenvalue weighted by atomic mass is 16.4. The summed E-state index contributed by atoms with van der Waals surface area (Å²) in [7, 11) is 0. The maximum absolute atomic E-state index is 11.4. The van der Waals surface area contributed by atoms with Crippen molar-refractivity contribution in [2.24, 2.45) is 0 Å². The van der Waals surface area contributed by atoms with Gasteiger partial charge in [0.05, 0.1) is 0 Å². The van der Waals surface area contributed by atoms with Crippen LogP contribution in [0.15, 0.2) is 24.3 Å². The second-order valence-corrected chi connectivity index (χ2v) is 4.92. The van der Waals surface area contributed by atoms with Crippen LogP contribution in [-0.4, -0.2) is 35.1 Å². The number of rotatable bonds is 5. The molecule has 1 aromatic rings. The van der Waals surface area contributed by atoms with Gasteiger partial charge in [0, 0.05) is 0 Å². The number of carboxylic acid groups (broad SMARTS) is 1. The quantitative estimate of drug-likeness (QED) is 0.868. The number of likely N-dealkylation sites (tertiary alicyclic amines) is 1. The van der Waals surface area contributed by atoms with Crippen molar-refractivity contribution in [1.82, 2.24) is 4.90 Å². The molecular weight excluding hydrogens is 226 g/mol. The Morgan fingerprint density at radius 2 is 1.89 bits per heavy atom. The number of nitrogens with zero attached hydrogens (tertiary/aromatic N) is 1. The van der Waals surface area contributed by atoms with Gasteiger partial charge in [0.15, 0.2) is 0 Å². The fourth-order valence-electron chi connectivity index (χ4n) is 2.74. The van der Waals surface area contributed by atoms with Crippen molar-refractivity contribution >= 4 is 5.97 Å². The zero-order valence-corrected chi connectivity index (χ0v) is 10.9. The van der Waals surface area contributed by atoms with Gasteiger partial charge < -0.3 is 5.11 Å². The molecule has 1 heterocycles. The fourth-order valence-corrected chi connectivity index (χ4v) is 2.74. The van der Waals surface area contributed by atoms with Crippen LogP contribution in [0.5, 0.6) is 0 Å². The van der Waals surface area contributed by atoms with Gasteiger partial charge in [0.1, 0.15) is 6.04 Å². The van der Waals surface area contributed by atoms with E-state index < -0.39 is 5.97 Å². The van der Waals surface area contributed by atoms with E-state index in [0.717, 1.165) is 32.4 Å². The van der Waals surface area contributed by atoms with Crippen LogP contribution in [0.25, 0.3) is 0 Å². The number of carboxylic acids is 1. The predicted molar refractivity (Wildman–Crippen MR) is 71.8 cm³/mol. The first kappa shape index (κ1) is 13.1. The largest absolute Gasteiger partial charge is 0.480 e. The molecule has 1 saturated heterocycles. The Morgan fingerprint density at radius 1 is 1.28 bits per heavy atom. The van der Waals surface area contributed by atoms with Crippen molar-refractivity contribution < 1.29 is 9.90 Å². The molecule has 0 bridgehead atoms. The molecular formula is C15H21NO2. The van der Waals surface area contributed by atoms with Crippen LogP contribution in [0, 0.1) is 0 Å². The molecule has 3 nitrogen and oxygen atoms in total. The van der Waals surface area contributed by atoms with Crippen LogP contribution >= 0.6 is 0 Å². The van der Waals surface area contributed by atoms with Gasteiger partial charge in [0.25, 0.3) is 0 Å². The lowest BCUT2D eigenvalue weighted by Crippen LogP contribution is -2.41. The third kappa shape index (κ3) is 2.91. The Balaban J connectivity index is 2.15. The van der Waals surface area contributed by atoms with Crippen LogP contribution in [0.2, 0.25) is 0 Å². The number of hydrogen-bond acceptors (Lipinski definition) is 2. The monoisotopic (exact) mass is 247 g/mol. The van der Waals surface area contributed by atoms with E-state index in [9.17, 15) is 9.90 Å². The van der Waals surface area contributed by atoms with E-state index in [4.69, 9.17) is 0 Å². The highest BCUT2D eigenvalue weighted by Gasteiger charge is 2.28. The molecule has 1 aliphatic rings. The second-order valence-electron chi connectivity index (χ2n) is 4.92. The molecule has 3 heteroatoms. The molecule has 0 radical (unpaired) electrons. The topological polar surface area (TPSA) is 40.5 Å². The maximum atomic E-state index is 11.4. The highest BCUT2D eigenvalue weighted by molar-refractivity contribution is 5.74. The number of aryl methyl sites for hydroxylation is 1. The lowest BCUT2D eigenvalue weighted by Gasteiger charge is -2.24. The van der Waals surface area contributed by atoms with Gasteiger partial charge in [-0.25, -0.2) is 0 Å². The summed E-state index contributed by atoms with van der Waals surface area (Å²) >= 11 is 0. The van der Waals surface area contributed by atoms with E-state index >= 15 is 0 Å². The molecule has 1 aliphatic heterocycles. The van der Waals surface area contributed by atoms with Crippen LogP contribution in [0.3, 0.4) is 0 Å². The minimum Gasteiger partial charge on any atom is -0.480 e. The van der Waals surface area contributed by atoms with Gasteiger partial charge in [-0.1, -0.05) is 31.2 Å². The molecule has 0 spiro atoms. The van der Waals surface area contributed by atoms with Gasteiger partial charge in [0.2, 0.25) is 0 Å². The number of benzene rings is 1. The summed E-state index contributed by atoms with van der Waals surface area (Å²) in [6.45, 7) is 3.96. The van der Waals surface area contributed by atoms with Crippen molar-refractivity contribution in [3.05, 3.63) is 35.4 Å². The summed E-state index contributed by atoms with van der Waals surface area (Å²) in [6.07, 6.45) is 3.83. The third-order valence-corrected chi connectivity index (χ3v) is 3.78. The van der Waals surface area contributed by atoms with Crippen LogP contribution in [-0.2, 0) is 17.6 Å². The predicted octanol–water partition coefficient (Wildman–Crippen LogP) is 2.34. The molecule has 1 atom stereocenters. The van der Waals surface area contributed by atoms with Crippen molar-refractivity contribution in [2.75, 3.05) is 13.1 Å². The first-order valence-corrected chi connectivity index (χ1v) is 6.76. The number of aliphatic carboxylic acids is 1. The van der Waals surface area contributed by atoms with Crippen LogP contribution < -0.4 is 0 Å². The fraction of sp³-hybridized carbons (Fsp3) is 0.533. The van der Waals surface area contributed by atoms with E-state index in [1.165, 1.54) is 11.1 Å². The molecule has 18 heavy (non-hydrogen) atoms. The second kappa shape index (κ2) is 6.01. The normalized spacial score (nSPS) is 17.8. The van der Waals surface area contributed by atoms with E-state index in [1.807, 2.05) is 12.1 Å². The maximum Gasteiger partial charge on any atom is 0.321 e. The van der Waals surface area contributed by atoms with Crippen molar-refractivity contribution in [3.8, 4) is 0 Å². The summed E-state index contributed by atoms with van der Waals surface area (Å²) < 4.78 is 0. The molecule has 1 fully saturated rings. The molecule has 0 aliphatic carbocycles. The minimum absolute atomic E-state index is 0.361. The number of hydrogen-bond donors (Lipinski definition) is 1. The smallest absolute Gasteiger partial charge is 0.321 e. The lowest BCUT2D eigenvalue weighted by atomic mass is 9.98. The van der Waals surface area contributed by atoms with Crippen molar-refractivity contribution in [3.63, 3.8) is 0 Å². The Morgan fingerprint density at radius 3 is 2.44 bits per heavy atom. The van der Waals surface area contributed by atoms with E-state index in [-0.39, 0.29) is 6.04 Å². The summed E-state index contributed by atoms with van der Waals surface area (Å²) in [6, 6.07) is 7.81. The van der Waals surface area contributed by atoms with Gasteiger partial charge in [-0.2, -0.15) is 0 Å². The van der Waals surface area contributed by atoms with E-state index in [2.05, 4.69) is 24.0 Å². The van der Waals surface area contributed by atoms with Gasteiger partial charge in [-0.05, 0) is 49.9 Å². The average Bonchev–Trinajstić information content (AvgIpc) is 2.89. The molecule has 0 amide bonds. The first-order valence-electron chi connectivity index (χ1n) is 6.76. The molecule has 98 valence electrons. The minimum atomic E-state index is -0.692. The summed E-state index contributed by atoms with van der Waals surface area (Å²) in [5, 5.41) is 9.42. The van der Waals surface area contributed by atoms with Gasteiger partial charge >= 0.3 is 5.97 Å². The van der Waals surface area contributed by atoms with Crippen LogP contribution in [0.1, 0.15) is 30.9 Å². The SMILES string of the molecule is CCc1ccccc1C[C@@H](C(=O)O)N1CCCC1. The van der Waals surface area contributed by atoms with Crippen LogP contribution in [0.4, 0.5) is 0 Å². The highest BCUT2D eigenvalue weighted by Crippen LogP contribution is 2.18. The molecule has 2 rings (SSSR count). The first-order chi connectivity index (χ1) is 8.72. The number of carbonyl (C=O) groups is 1. The average molecular weight is 247 g/mol. The van der Waals surface area contributed by atoms with Crippen molar-refractivity contribution in [2.45, 2.75) is 38.6 Å². The third-order valence-electron chi connectivity index (χ3n) is 3.78. The summed E-state index contributed by atoms with van der Waals surface area (Å²) in [5.74, 6) is -0.692. The Kier molecular flexibility index (Phi) is 4.37. The molecule has 0 aromatic heterocycles. The molecule has 1 N–H and O–H groups in total. The van der Waals surface area contributed by atoms with Crippen molar-refractivity contribution in [1.29, 1.82) is 0 Å². The lowest BCUT2D eigenvalue weighted by molar-refractivity contribution is -0.142. The molecule has 0 saturated carbocycles. The molecule has 1 aromatic carbocycles. The Labute approximate surface area is 108 Å². The van der Waals surface area contributed by atoms with Gasteiger partial charge in [-0.3, -0.25) is 9.69 Å². The summed E-state index contributed by atoms with van der Waals surface area (Å²) in [4.78, 5) is 13.6. The summed E-state index contributed by atoms with van der Waals surface area (Å²) in [5.41, 5.74) is 2.45. The standard InChI is InChI=1S/C15H21NO2/c1-2-12-7-3-4-8-13(12)11-14(15(17)18)16-9-5-6-10-16/h3-4,7-8,14H,2,5-6,9-11H2,1H3,(H,17,18)/t14-/m0/s1. The van der Waals surface area contributed by atoms with E-state index in [0.29, 0.717) is 6.42 Å². The zero-order chi connectivity index (χ0) is 13.0. The molecule has 0 unspecified atom stereocenters. The zero-order valence-electron chi connectivity index (χ0n) is 10.9. The Bertz CT molecular complexity index is 411. The van der Waals surface area contributed by atoms with E-state index in [1.54, 1.807) is 0 Å². The Hall–Kier alpha value is -1.35.